The van der Waals surface area contributed by atoms with Crippen LogP contribution in [0.1, 0.15) is 31.7 Å². The van der Waals surface area contributed by atoms with Gasteiger partial charge < -0.3 is 0 Å². The first-order chi connectivity index (χ1) is 6.27. The quantitative estimate of drug-likeness (QED) is 0.626. The van der Waals surface area contributed by atoms with Gasteiger partial charge in [0.05, 0.1) is 0 Å². The number of rotatable bonds is 3. The molecule has 0 spiro atoms. The summed E-state index contributed by atoms with van der Waals surface area (Å²) in [6.07, 6.45) is 5.42. The normalized spacial score (nSPS) is 13.5. The maximum absolute atomic E-state index is 5.92. The molecule has 0 bridgehead atoms. The summed E-state index contributed by atoms with van der Waals surface area (Å²) in [7, 11) is 0. The number of hydrogen-bond acceptors (Lipinski definition) is 0. The van der Waals surface area contributed by atoms with Gasteiger partial charge in [-0.1, -0.05) is 42.8 Å². The highest BCUT2D eigenvalue weighted by atomic mass is 35.5. The summed E-state index contributed by atoms with van der Waals surface area (Å²) in [5.74, 6) is 0.503. The van der Waals surface area contributed by atoms with Crippen LogP contribution in [-0.4, -0.2) is 0 Å². The van der Waals surface area contributed by atoms with Crippen LogP contribution in [0.15, 0.2) is 36.4 Å². The van der Waals surface area contributed by atoms with E-state index >= 15 is 0 Å². The maximum atomic E-state index is 5.92. The number of allylic oxidation sites excluding steroid dienone is 2. The van der Waals surface area contributed by atoms with Crippen molar-refractivity contribution in [1.82, 2.24) is 0 Å². The molecule has 1 heteroatoms. The molecule has 0 nitrogen and oxygen atoms in total. The summed E-state index contributed by atoms with van der Waals surface area (Å²) < 4.78 is 0. The molecule has 0 aliphatic carbocycles. The molecule has 0 heterocycles. The lowest BCUT2D eigenvalue weighted by Gasteiger charge is -2.10. The van der Waals surface area contributed by atoms with Gasteiger partial charge in [0, 0.05) is 10.9 Å². The minimum atomic E-state index is 0.503. The van der Waals surface area contributed by atoms with Crippen LogP contribution in [0.5, 0.6) is 0 Å². The Kier molecular flexibility index (Phi) is 4.04. The fraction of sp³-hybridized carbons (Fsp3) is 0.333. The lowest BCUT2D eigenvalue weighted by atomic mass is 9.96. The van der Waals surface area contributed by atoms with Crippen LogP contribution < -0.4 is 0 Å². The molecule has 1 aromatic rings. The van der Waals surface area contributed by atoms with Crippen molar-refractivity contribution in [3.8, 4) is 0 Å². The number of hydrogen-bond donors (Lipinski definition) is 0. The molecular formula is C12H15Cl. The van der Waals surface area contributed by atoms with Crippen LogP contribution in [0.2, 0.25) is 5.02 Å². The van der Waals surface area contributed by atoms with Gasteiger partial charge in [0.2, 0.25) is 0 Å². The van der Waals surface area contributed by atoms with E-state index < -0.39 is 0 Å². The summed E-state index contributed by atoms with van der Waals surface area (Å²) in [6, 6.07) is 8.08. The second-order valence-corrected chi connectivity index (χ2v) is 3.53. The Bertz CT molecular complexity index is 289. The zero-order valence-corrected chi connectivity index (χ0v) is 8.88. The van der Waals surface area contributed by atoms with Gasteiger partial charge in [0.15, 0.2) is 0 Å². The largest absolute Gasteiger partial charge is 0.0910 e. The van der Waals surface area contributed by atoms with Crippen molar-refractivity contribution in [1.29, 1.82) is 0 Å². The smallest absolute Gasteiger partial charge is 0.0408 e. The van der Waals surface area contributed by atoms with E-state index in [4.69, 9.17) is 11.6 Å². The fourth-order valence-corrected chi connectivity index (χ4v) is 1.65. The molecule has 1 aromatic carbocycles. The Morgan fingerprint density at radius 1 is 1.46 bits per heavy atom. The molecule has 13 heavy (non-hydrogen) atoms. The van der Waals surface area contributed by atoms with E-state index in [9.17, 15) is 0 Å². The molecule has 0 saturated carbocycles. The molecule has 0 aliphatic rings. The van der Waals surface area contributed by atoms with E-state index in [2.05, 4.69) is 25.1 Å². The lowest BCUT2D eigenvalue weighted by Crippen LogP contribution is -1.92. The van der Waals surface area contributed by atoms with Gasteiger partial charge in [-0.2, -0.15) is 0 Å². The molecule has 0 radical (unpaired) electrons. The van der Waals surface area contributed by atoms with Crippen molar-refractivity contribution in [2.45, 2.75) is 26.2 Å². The molecule has 0 aliphatic heterocycles. The summed E-state index contributed by atoms with van der Waals surface area (Å²) >= 11 is 5.92. The van der Waals surface area contributed by atoms with Crippen LogP contribution in [0.4, 0.5) is 0 Å². The molecule has 1 unspecified atom stereocenters. The fourth-order valence-electron chi connectivity index (χ4n) is 1.45. The van der Waals surface area contributed by atoms with E-state index in [0.717, 1.165) is 11.4 Å². The number of benzene rings is 1. The van der Waals surface area contributed by atoms with E-state index in [1.165, 1.54) is 5.56 Å². The van der Waals surface area contributed by atoms with Crippen LogP contribution in [-0.2, 0) is 0 Å². The Hall–Kier alpha value is -0.750. The molecule has 0 fully saturated rings. The second-order valence-electron chi connectivity index (χ2n) is 3.10. The Morgan fingerprint density at radius 3 is 2.77 bits per heavy atom. The van der Waals surface area contributed by atoms with Crippen molar-refractivity contribution < 1.29 is 0 Å². The second kappa shape index (κ2) is 5.08. The first-order valence-electron chi connectivity index (χ1n) is 4.66. The maximum Gasteiger partial charge on any atom is 0.0408 e. The van der Waals surface area contributed by atoms with Crippen LogP contribution >= 0.6 is 11.6 Å². The summed E-state index contributed by atoms with van der Waals surface area (Å²) in [5, 5.41) is 0.820. The first-order valence-corrected chi connectivity index (χ1v) is 5.04. The minimum absolute atomic E-state index is 0.503. The van der Waals surface area contributed by atoms with Crippen molar-refractivity contribution in [2.75, 3.05) is 0 Å². The van der Waals surface area contributed by atoms with E-state index in [0.29, 0.717) is 5.92 Å². The van der Waals surface area contributed by atoms with Gasteiger partial charge in [-0.15, -0.1) is 0 Å². The van der Waals surface area contributed by atoms with Gasteiger partial charge in [-0.25, -0.2) is 0 Å². The zero-order chi connectivity index (χ0) is 9.68. The summed E-state index contributed by atoms with van der Waals surface area (Å²) in [5.41, 5.74) is 1.30. The van der Waals surface area contributed by atoms with Crippen LogP contribution in [0.3, 0.4) is 0 Å². The lowest BCUT2D eigenvalue weighted by molar-refractivity contribution is 0.804. The third-order valence-electron chi connectivity index (χ3n) is 2.14. The van der Waals surface area contributed by atoms with E-state index in [1.54, 1.807) is 0 Å². The highest BCUT2D eigenvalue weighted by molar-refractivity contribution is 6.30. The molecule has 70 valence electrons. The average Bonchev–Trinajstić information content (AvgIpc) is 2.14. The van der Waals surface area contributed by atoms with Crippen molar-refractivity contribution in [2.24, 2.45) is 0 Å². The first kappa shape index (κ1) is 10.3. The molecule has 0 aromatic heterocycles. The molecule has 1 atom stereocenters. The van der Waals surface area contributed by atoms with Crippen LogP contribution in [0, 0.1) is 0 Å². The Labute approximate surface area is 85.2 Å². The third kappa shape index (κ3) is 2.89. The summed E-state index contributed by atoms with van der Waals surface area (Å²) in [4.78, 5) is 0. The van der Waals surface area contributed by atoms with Crippen LogP contribution in [0.25, 0.3) is 0 Å². The van der Waals surface area contributed by atoms with Gasteiger partial charge in [-0.3, -0.25) is 0 Å². The van der Waals surface area contributed by atoms with Crippen molar-refractivity contribution in [3.05, 3.63) is 47.0 Å². The average molecular weight is 195 g/mol. The highest BCUT2D eigenvalue weighted by Gasteiger charge is 2.04. The third-order valence-corrected chi connectivity index (χ3v) is 2.38. The Morgan fingerprint density at radius 2 is 2.23 bits per heavy atom. The molecule has 0 amide bonds. The number of halogens is 1. The van der Waals surface area contributed by atoms with E-state index in [-0.39, 0.29) is 0 Å². The monoisotopic (exact) mass is 194 g/mol. The molecular weight excluding hydrogens is 180 g/mol. The van der Waals surface area contributed by atoms with Crippen molar-refractivity contribution in [3.63, 3.8) is 0 Å². The van der Waals surface area contributed by atoms with Gasteiger partial charge in [0.25, 0.3) is 0 Å². The van der Waals surface area contributed by atoms with Gasteiger partial charge in [0.1, 0.15) is 0 Å². The summed E-state index contributed by atoms with van der Waals surface area (Å²) in [6.45, 7) is 4.23. The SMILES string of the molecule is CC=CC(CC)c1cccc(Cl)c1. The predicted molar refractivity (Wildman–Crippen MR) is 59.3 cm³/mol. The zero-order valence-electron chi connectivity index (χ0n) is 8.13. The van der Waals surface area contributed by atoms with Crippen molar-refractivity contribution >= 4 is 11.6 Å². The molecule has 0 N–H and O–H groups in total. The topological polar surface area (TPSA) is 0 Å². The van der Waals surface area contributed by atoms with Gasteiger partial charge >= 0.3 is 0 Å². The Balaban J connectivity index is 2.91. The predicted octanol–water partition coefficient (Wildman–Crippen LogP) is 4.41. The highest BCUT2D eigenvalue weighted by Crippen LogP contribution is 2.23. The van der Waals surface area contributed by atoms with Gasteiger partial charge in [-0.05, 0) is 31.0 Å². The standard InChI is InChI=1S/C12H15Cl/c1-3-6-10(4-2)11-7-5-8-12(13)9-11/h3,5-10H,4H2,1-2H3. The minimum Gasteiger partial charge on any atom is -0.0910 e. The molecule has 0 saturated heterocycles. The van der Waals surface area contributed by atoms with E-state index in [1.807, 2.05) is 25.1 Å². The molecule has 1 rings (SSSR count).